The van der Waals surface area contributed by atoms with Gasteiger partial charge in [0.25, 0.3) is 0 Å². The lowest BCUT2D eigenvalue weighted by molar-refractivity contribution is 0.0393. The van der Waals surface area contributed by atoms with Gasteiger partial charge in [-0.3, -0.25) is 0 Å². The number of hydrogen-bond acceptors (Lipinski definition) is 4. The van der Waals surface area contributed by atoms with E-state index < -0.39 is 0 Å². The SMILES string of the molecule is CCCCOCCOCc1cc(CNCC)oc1C. The van der Waals surface area contributed by atoms with Crippen molar-refractivity contribution in [3.63, 3.8) is 0 Å². The molecule has 110 valence electrons. The van der Waals surface area contributed by atoms with Crippen molar-refractivity contribution in [1.82, 2.24) is 5.32 Å². The molecule has 0 aliphatic heterocycles. The van der Waals surface area contributed by atoms with Gasteiger partial charge < -0.3 is 19.2 Å². The summed E-state index contributed by atoms with van der Waals surface area (Å²) < 4.78 is 16.7. The van der Waals surface area contributed by atoms with Crippen LogP contribution in [0.4, 0.5) is 0 Å². The van der Waals surface area contributed by atoms with E-state index >= 15 is 0 Å². The molecule has 0 saturated carbocycles. The molecule has 0 aromatic carbocycles. The van der Waals surface area contributed by atoms with Crippen LogP contribution >= 0.6 is 0 Å². The summed E-state index contributed by atoms with van der Waals surface area (Å²) in [6.45, 7) is 10.7. The number of nitrogens with one attached hydrogen (secondary N) is 1. The van der Waals surface area contributed by atoms with Crippen molar-refractivity contribution >= 4 is 0 Å². The molecular weight excluding hydrogens is 242 g/mol. The quantitative estimate of drug-likeness (QED) is 0.627. The normalized spacial score (nSPS) is 11.1. The van der Waals surface area contributed by atoms with Gasteiger partial charge in [-0.2, -0.15) is 0 Å². The summed E-state index contributed by atoms with van der Waals surface area (Å²) in [5, 5.41) is 3.25. The maximum absolute atomic E-state index is 5.65. The zero-order chi connectivity index (χ0) is 13.9. The Labute approximate surface area is 116 Å². The van der Waals surface area contributed by atoms with Gasteiger partial charge in [-0.25, -0.2) is 0 Å². The van der Waals surface area contributed by atoms with Crippen molar-refractivity contribution in [2.24, 2.45) is 0 Å². The molecule has 4 nitrogen and oxygen atoms in total. The van der Waals surface area contributed by atoms with Crippen LogP contribution in [0.25, 0.3) is 0 Å². The van der Waals surface area contributed by atoms with Crippen molar-refractivity contribution in [1.29, 1.82) is 0 Å². The van der Waals surface area contributed by atoms with Crippen LogP contribution in [-0.2, 0) is 22.6 Å². The van der Waals surface area contributed by atoms with Gasteiger partial charge in [0.05, 0.1) is 26.4 Å². The van der Waals surface area contributed by atoms with Crippen LogP contribution in [0.15, 0.2) is 10.5 Å². The molecule has 1 aromatic heterocycles. The van der Waals surface area contributed by atoms with E-state index in [1.165, 1.54) is 6.42 Å². The third kappa shape index (κ3) is 6.76. The Morgan fingerprint density at radius 2 is 1.95 bits per heavy atom. The van der Waals surface area contributed by atoms with Crippen molar-refractivity contribution in [3.05, 3.63) is 23.2 Å². The molecule has 0 spiro atoms. The van der Waals surface area contributed by atoms with Crippen LogP contribution in [-0.4, -0.2) is 26.4 Å². The highest BCUT2D eigenvalue weighted by atomic mass is 16.5. The van der Waals surface area contributed by atoms with Crippen molar-refractivity contribution in [2.75, 3.05) is 26.4 Å². The summed E-state index contributed by atoms with van der Waals surface area (Å²) in [5.74, 6) is 1.91. The molecule has 0 aliphatic carbocycles. The molecule has 0 unspecified atom stereocenters. The molecule has 0 amide bonds. The van der Waals surface area contributed by atoms with Crippen LogP contribution in [0.5, 0.6) is 0 Å². The molecule has 0 bridgehead atoms. The average Bonchev–Trinajstić information content (AvgIpc) is 2.76. The summed E-state index contributed by atoms with van der Waals surface area (Å²) in [4.78, 5) is 0. The largest absolute Gasteiger partial charge is 0.465 e. The minimum Gasteiger partial charge on any atom is -0.465 e. The number of furan rings is 1. The first-order chi connectivity index (χ1) is 9.27. The maximum Gasteiger partial charge on any atom is 0.118 e. The first-order valence-corrected chi connectivity index (χ1v) is 7.22. The molecule has 1 N–H and O–H groups in total. The lowest BCUT2D eigenvalue weighted by Gasteiger charge is -2.04. The summed E-state index contributed by atoms with van der Waals surface area (Å²) in [7, 11) is 0. The topological polar surface area (TPSA) is 43.6 Å². The number of ether oxygens (including phenoxy) is 2. The molecule has 0 aliphatic rings. The van der Waals surface area contributed by atoms with E-state index in [-0.39, 0.29) is 0 Å². The van der Waals surface area contributed by atoms with E-state index in [1.54, 1.807) is 0 Å². The van der Waals surface area contributed by atoms with Crippen molar-refractivity contribution < 1.29 is 13.9 Å². The summed E-state index contributed by atoms with van der Waals surface area (Å²) in [6.07, 6.45) is 2.29. The van der Waals surface area contributed by atoms with Gasteiger partial charge >= 0.3 is 0 Å². The van der Waals surface area contributed by atoms with Crippen LogP contribution in [0.3, 0.4) is 0 Å². The summed E-state index contributed by atoms with van der Waals surface area (Å²) >= 11 is 0. The lowest BCUT2D eigenvalue weighted by Crippen LogP contribution is -2.10. The van der Waals surface area contributed by atoms with E-state index in [2.05, 4.69) is 25.2 Å². The van der Waals surface area contributed by atoms with Gasteiger partial charge in [-0.15, -0.1) is 0 Å². The third-order valence-electron chi connectivity index (χ3n) is 2.89. The Balaban J connectivity index is 2.16. The zero-order valence-electron chi connectivity index (χ0n) is 12.5. The van der Waals surface area contributed by atoms with E-state index in [9.17, 15) is 0 Å². The number of aryl methyl sites for hydroxylation is 1. The molecule has 0 radical (unpaired) electrons. The molecule has 0 saturated heterocycles. The van der Waals surface area contributed by atoms with E-state index in [0.29, 0.717) is 19.8 Å². The molecule has 1 aromatic rings. The van der Waals surface area contributed by atoms with Crippen molar-refractivity contribution in [2.45, 2.75) is 46.8 Å². The van der Waals surface area contributed by atoms with Crippen molar-refractivity contribution in [3.8, 4) is 0 Å². The molecule has 1 heterocycles. The first-order valence-electron chi connectivity index (χ1n) is 7.22. The van der Waals surface area contributed by atoms with Crippen LogP contribution in [0.2, 0.25) is 0 Å². The monoisotopic (exact) mass is 269 g/mol. The highest BCUT2D eigenvalue weighted by Gasteiger charge is 2.06. The van der Waals surface area contributed by atoms with Gasteiger partial charge in [0.1, 0.15) is 11.5 Å². The molecule has 0 atom stereocenters. The molecule has 19 heavy (non-hydrogen) atoms. The van der Waals surface area contributed by atoms with Gasteiger partial charge in [-0.1, -0.05) is 20.3 Å². The van der Waals surface area contributed by atoms with Gasteiger partial charge in [0.2, 0.25) is 0 Å². The summed E-state index contributed by atoms with van der Waals surface area (Å²) in [5.41, 5.74) is 1.13. The average molecular weight is 269 g/mol. The predicted octanol–water partition coefficient (Wildman–Crippen LogP) is 3.03. The third-order valence-corrected chi connectivity index (χ3v) is 2.89. The first kappa shape index (κ1) is 16.2. The van der Waals surface area contributed by atoms with Gasteiger partial charge in [0, 0.05) is 12.2 Å². The second-order valence-electron chi connectivity index (χ2n) is 4.59. The standard InChI is InChI=1S/C15H27NO3/c1-4-6-7-17-8-9-18-12-14-10-15(11-16-5-2)19-13(14)3/h10,16H,4-9,11-12H2,1-3H3. The molecular formula is C15H27NO3. The Kier molecular flexibility index (Phi) is 8.54. The highest BCUT2D eigenvalue weighted by molar-refractivity contribution is 5.19. The fourth-order valence-electron chi connectivity index (χ4n) is 1.71. The van der Waals surface area contributed by atoms with Crippen LogP contribution in [0.1, 0.15) is 43.8 Å². The second kappa shape index (κ2) is 10.0. The Hall–Kier alpha value is -0.840. The van der Waals surface area contributed by atoms with E-state index in [0.717, 1.165) is 43.2 Å². The van der Waals surface area contributed by atoms with Crippen LogP contribution < -0.4 is 5.32 Å². The minimum atomic E-state index is 0.596. The molecule has 4 heteroatoms. The zero-order valence-corrected chi connectivity index (χ0v) is 12.5. The fraction of sp³-hybridized carbons (Fsp3) is 0.733. The predicted molar refractivity (Wildman–Crippen MR) is 76.2 cm³/mol. The fourth-order valence-corrected chi connectivity index (χ4v) is 1.71. The van der Waals surface area contributed by atoms with Gasteiger partial charge in [0.15, 0.2) is 0 Å². The minimum absolute atomic E-state index is 0.596. The smallest absolute Gasteiger partial charge is 0.118 e. The van der Waals surface area contributed by atoms with Gasteiger partial charge in [-0.05, 0) is 26.0 Å². The lowest BCUT2D eigenvalue weighted by atomic mass is 10.2. The second-order valence-corrected chi connectivity index (χ2v) is 4.59. The van der Waals surface area contributed by atoms with Crippen LogP contribution in [0, 0.1) is 6.92 Å². The number of rotatable bonds is 11. The Morgan fingerprint density at radius 3 is 2.68 bits per heavy atom. The molecule has 0 fully saturated rings. The Morgan fingerprint density at radius 1 is 1.16 bits per heavy atom. The number of hydrogen-bond donors (Lipinski definition) is 1. The van der Waals surface area contributed by atoms with E-state index in [1.807, 2.05) is 6.92 Å². The summed E-state index contributed by atoms with van der Waals surface area (Å²) in [6, 6.07) is 2.07. The Bertz CT molecular complexity index is 336. The van der Waals surface area contributed by atoms with E-state index in [4.69, 9.17) is 13.9 Å². The maximum atomic E-state index is 5.65. The number of unbranched alkanes of at least 4 members (excludes halogenated alkanes) is 1. The highest BCUT2D eigenvalue weighted by Crippen LogP contribution is 2.15. The molecule has 1 rings (SSSR count).